The molecule has 5 rings (SSSR count). The van der Waals surface area contributed by atoms with Crippen LogP contribution in [0.2, 0.25) is 0 Å². The second-order valence-electron chi connectivity index (χ2n) is 8.33. The van der Waals surface area contributed by atoms with Crippen LogP contribution < -0.4 is 5.73 Å². The second-order valence-corrected chi connectivity index (χ2v) is 8.33. The predicted octanol–water partition coefficient (Wildman–Crippen LogP) is 4.08. The average Bonchev–Trinajstić information content (AvgIpc) is 3.41. The first-order valence-electron chi connectivity index (χ1n) is 9.97. The minimum Gasteiger partial charge on any atom is -0.368 e. The van der Waals surface area contributed by atoms with Crippen LogP contribution in [0.1, 0.15) is 20.8 Å². The molecular weight excluding hydrogens is 388 g/mol. The van der Waals surface area contributed by atoms with E-state index < -0.39 is 0 Å². The molecule has 0 amide bonds. The number of hydrogen-bond acceptors (Lipinski definition) is 6. The van der Waals surface area contributed by atoms with Crippen LogP contribution in [-0.2, 0) is 5.54 Å². The van der Waals surface area contributed by atoms with Crippen molar-refractivity contribution >= 4 is 17.0 Å². The molecule has 3 aromatic heterocycles. The van der Waals surface area contributed by atoms with Crippen molar-refractivity contribution in [1.82, 2.24) is 34.3 Å². The molecule has 0 atom stereocenters. The van der Waals surface area contributed by atoms with Gasteiger partial charge in [-0.1, -0.05) is 18.2 Å². The molecule has 2 aromatic carbocycles. The van der Waals surface area contributed by atoms with Gasteiger partial charge in [-0.05, 0) is 50.6 Å². The number of aromatic nitrogens is 7. The van der Waals surface area contributed by atoms with E-state index in [2.05, 4.69) is 69.7 Å². The van der Waals surface area contributed by atoms with Crippen molar-refractivity contribution in [3.63, 3.8) is 0 Å². The zero-order valence-corrected chi connectivity index (χ0v) is 17.6. The largest absolute Gasteiger partial charge is 0.368 e. The molecule has 0 unspecified atom stereocenters. The zero-order valence-electron chi connectivity index (χ0n) is 17.6. The van der Waals surface area contributed by atoms with Gasteiger partial charge in [0.2, 0.25) is 5.95 Å². The molecule has 8 heteroatoms. The number of nitrogens with zero attached hydrogens (tertiary/aromatic N) is 7. The molecule has 0 radical (unpaired) electrons. The summed E-state index contributed by atoms with van der Waals surface area (Å²) in [6.45, 7) is 6.53. The van der Waals surface area contributed by atoms with Gasteiger partial charge in [-0.2, -0.15) is 5.10 Å². The minimum atomic E-state index is -0.189. The van der Waals surface area contributed by atoms with Crippen molar-refractivity contribution in [3.05, 3.63) is 67.5 Å². The SMILES string of the molecule is CC(C)(C)n1c(-c2ccccc2-n2cncn2)nc2cc(-c3cnc(N)nc3)ccc21. The van der Waals surface area contributed by atoms with Crippen molar-refractivity contribution in [2.45, 2.75) is 26.3 Å². The fourth-order valence-corrected chi connectivity index (χ4v) is 3.80. The standard InChI is InChI=1S/C23H22N8/c1-23(2,3)31-20-9-8-15(16-11-26-22(24)27-12-16)10-18(20)29-21(31)17-6-4-5-7-19(17)30-14-25-13-28-30/h4-14H,1-3H3,(H2,24,26,27). The lowest BCUT2D eigenvalue weighted by molar-refractivity contribution is 0.413. The lowest BCUT2D eigenvalue weighted by Gasteiger charge is -2.25. The molecule has 0 fully saturated rings. The number of hydrogen-bond donors (Lipinski definition) is 1. The van der Waals surface area contributed by atoms with Gasteiger partial charge in [-0.15, -0.1) is 0 Å². The van der Waals surface area contributed by atoms with E-state index in [1.54, 1.807) is 23.4 Å². The molecule has 0 aliphatic rings. The Balaban J connectivity index is 1.75. The summed E-state index contributed by atoms with van der Waals surface area (Å²) in [6.07, 6.45) is 6.68. The first-order chi connectivity index (χ1) is 14.9. The van der Waals surface area contributed by atoms with Gasteiger partial charge in [0.15, 0.2) is 0 Å². The van der Waals surface area contributed by atoms with Gasteiger partial charge in [-0.3, -0.25) is 0 Å². The van der Waals surface area contributed by atoms with E-state index in [1.165, 1.54) is 6.33 Å². The minimum absolute atomic E-state index is 0.189. The molecule has 0 saturated heterocycles. The lowest BCUT2D eigenvalue weighted by atomic mass is 10.1. The third-order valence-electron chi connectivity index (χ3n) is 5.14. The topological polar surface area (TPSA) is 100 Å². The van der Waals surface area contributed by atoms with Crippen molar-refractivity contribution in [2.75, 3.05) is 5.73 Å². The fraction of sp³-hybridized carbons (Fsp3) is 0.174. The molecule has 0 saturated carbocycles. The molecular formula is C23H22N8. The van der Waals surface area contributed by atoms with Crippen LogP contribution in [0.3, 0.4) is 0 Å². The summed E-state index contributed by atoms with van der Waals surface area (Å²) in [5.74, 6) is 1.13. The maximum absolute atomic E-state index is 5.64. The monoisotopic (exact) mass is 410 g/mol. The molecule has 0 spiro atoms. The number of imidazole rings is 1. The van der Waals surface area contributed by atoms with E-state index in [4.69, 9.17) is 10.7 Å². The number of para-hydroxylation sites is 1. The number of nitrogen functional groups attached to an aromatic ring is 1. The van der Waals surface area contributed by atoms with Crippen molar-refractivity contribution in [2.24, 2.45) is 0 Å². The molecule has 0 aliphatic heterocycles. The summed E-state index contributed by atoms with van der Waals surface area (Å²) >= 11 is 0. The van der Waals surface area contributed by atoms with Gasteiger partial charge in [-0.25, -0.2) is 24.6 Å². The van der Waals surface area contributed by atoms with Crippen molar-refractivity contribution < 1.29 is 0 Å². The van der Waals surface area contributed by atoms with Gasteiger partial charge < -0.3 is 10.3 Å². The van der Waals surface area contributed by atoms with Crippen LogP contribution in [0.4, 0.5) is 5.95 Å². The highest BCUT2D eigenvalue weighted by Gasteiger charge is 2.24. The number of benzene rings is 2. The van der Waals surface area contributed by atoms with Crippen molar-refractivity contribution in [1.29, 1.82) is 0 Å². The molecule has 3 heterocycles. The van der Waals surface area contributed by atoms with Crippen LogP contribution in [0.15, 0.2) is 67.5 Å². The van der Waals surface area contributed by atoms with Gasteiger partial charge in [0.05, 0.1) is 16.7 Å². The van der Waals surface area contributed by atoms with Crippen LogP contribution >= 0.6 is 0 Å². The summed E-state index contributed by atoms with van der Waals surface area (Å²) in [6, 6.07) is 14.3. The predicted molar refractivity (Wildman–Crippen MR) is 121 cm³/mol. The normalized spacial score (nSPS) is 11.8. The van der Waals surface area contributed by atoms with E-state index in [1.807, 2.05) is 18.2 Å². The number of fused-ring (bicyclic) bond motifs is 1. The zero-order chi connectivity index (χ0) is 21.6. The van der Waals surface area contributed by atoms with E-state index in [9.17, 15) is 0 Å². The maximum Gasteiger partial charge on any atom is 0.219 e. The maximum atomic E-state index is 5.64. The van der Waals surface area contributed by atoms with Gasteiger partial charge in [0, 0.05) is 29.1 Å². The molecule has 2 N–H and O–H groups in total. The highest BCUT2D eigenvalue weighted by molar-refractivity contribution is 5.86. The lowest BCUT2D eigenvalue weighted by Crippen LogP contribution is -2.23. The second kappa shape index (κ2) is 7.02. The summed E-state index contributed by atoms with van der Waals surface area (Å²) < 4.78 is 4.03. The Bertz CT molecular complexity index is 1360. The Morgan fingerprint density at radius 2 is 1.71 bits per heavy atom. The van der Waals surface area contributed by atoms with E-state index in [-0.39, 0.29) is 11.5 Å². The van der Waals surface area contributed by atoms with Gasteiger partial charge in [0.25, 0.3) is 0 Å². The van der Waals surface area contributed by atoms with Crippen LogP contribution in [0.5, 0.6) is 0 Å². The van der Waals surface area contributed by atoms with E-state index in [0.717, 1.165) is 39.2 Å². The summed E-state index contributed by atoms with van der Waals surface area (Å²) in [4.78, 5) is 17.4. The van der Waals surface area contributed by atoms with Gasteiger partial charge >= 0.3 is 0 Å². The Morgan fingerprint density at radius 3 is 2.42 bits per heavy atom. The number of rotatable bonds is 3. The molecule has 8 nitrogen and oxygen atoms in total. The molecule has 31 heavy (non-hydrogen) atoms. The van der Waals surface area contributed by atoms with Gasteiger partial charge in [0.1, 0.15) is 18.5 Å². The quantitative estimate of drug-likeness (QED) is 0.481. The Kier molecular flexibility index (Phi) is 4.28. The van der Waals surface area contributed by atoms with E-state index >= 15 is 0 Å². The van der Waals surface area contributed by atoms with Crippen LogP contribution in [0.25, 0.3) is 39.2 Å². The average molecular weight is 410 g/mol. The smallest absolute Gasteiger partial charge is 0.219 e. The fourth-order valence-electron chi connectivity index (χ4n) is 3.80. The summed E-state index contributed by atoms with van der Waals surface area (Å²) in [5, 5.41) is 4.32. The highest BCUT2D eigenvalue weighted by Crippen LogP contribution is 2.35. The number of anilines is 1. The van der Waals surface area contributed by atoms with Crippen LogP contribution in [-0.4, -0.2) is 34.3 Å². The molecule has 5 aromatic rings. The molecule has 0 bridgehead atoms. The van der Waals surface area contributed by atoms with Crippen molar-refractivity contribution in [3.8, 4) is 28.2 Å². The third-order valence-corrected chi connectivity index (χ3v) is 5.14. The number of nitrogens with two attached hydrogens (primary N) is 1. The molecule has 0 aliphatic carbocycles. The van der Waals surface area contributed by atoms with E-state index in [0.29, 0.717) is 0 Å². The molecule has 154 valence electrons. The summed E-state index contributed by atoms with van der Waals surface area (Å²) in [5.41, 5.74) is 11.2. The summed E-state index contributed by atoms with van der Waals surface area (Å²) in [7, 11) is 0. The Labute approximate surface area is 179 Å². The first kappa shape index (κ1) is 18.9. The Hall–Kier alpha value is -4.07. The third kappa shape index (κ3) is 3.31. The van der Waals surface area contributed by atoms with Crippen LogP contribution in [0, 0.1) is 0 Å². The highest BCUT2D eigenvalue weighted by atomic mass is 15.3. The first-order valence-corrected chi connectivity index (χ1v) is 9.97. The Morgan fingerprint density at radius 1 is 0.935 bits per heavy atom.